The fourth-order valence-corrected chi connectivity index (χ4v) is 5.52. The molecule has 3 aromatic heterocycles. The monoisotopic (exact) mass is 563 g/mol. The predicted octanol–water partition coefficient (Wildman–Crippen LogP) is 4.96. The largest absolute Gasteiger partial charge is 0.493 e. The van der Waals surface area contributed by atoms with Crippen LogP contribution in [0.5, 0.6) is 5.75 Å². The standard InChI is InChI=1S/C29H34FN7O4/c1-29(2,3)37(28(39)40)21-6-5-11-35(17-21)25-23(41-4)14-32-26-24(25)22(13-31-26)34-27(38)19-12-33-36(16-19)15-18-7-9-20(30)10-8-18/h7-10,12-14,16,21H,5-6,11,15,17H2,1-4H3,(H,31,32)(H,34,38)(H,39,40). The Morgan fingerprint density at radius 1 is 1.24 bits per heavy atom. The Morgan fingerprint density at radius 2 is 2.00 bits per heavy atom. The van der Waals surface area contributed by atoms with Crippen LogP contribution in [0.3, 0.4) is 0 Å². The first kappa shape index (κ1) is 27.9. The minimum atomic E-state index is -0.953. The lowest BCUT2D eigenvalue weighted by Gasteiger charge is -2.45. The van der Waals surface area contributed by atoms with Gasteiger partial charge in [0.2, 0.25) is 0 Å². The maximum Gasteiger partial charge on any atom is 0.408 e. The van der Waals surface area contributed by atoms with Crippen molar-refractivity contribution in [2.75, 3.05) is 30.4 Å². The van der Waals surface area contributed by atoms with E-state index in [1.807, 2.05) is 20.8 Å². The molecule has 5 rings (SSSR count). The second-order valence-electron chi connectivity index (χ2n) is 11.2. The van der Waals surface area contributed by atoms with Crippen LogP contribution in [-0.4, -0.2) is 73.5 Å². The molecule has 0 radical (unpaired) electrons. The topological polar surface area (TPSA) is 129 Å². The summed E-state index contributed by atoms with van der Waals surface area (Å²) < 4.78 is 20.6. The van der Waals surface area contributed by atoms with Gasteiger partial charge in [0.25, 0.3) is 5.91 Å². The van der Waals surface area contributed by atoms with Crippen molar-refractivity contribution in [1.82, 2.24) is 24.6 Å². The Hall–Kier alpha value is -4.61. The summed E-state index contributed by atoms with van der Waals surface area (Å²) in [5.74, 6) is -0.142. The summed E-state index contributed by atoms with van der Waals surface area (Å²) in [5, 5.41) is 17.9. The highest BCUT2D eigenvalue weighted by atomic mass is 19.1. The van der Waals surface area contributed by atoms with E-state index in [9.17, 15) is 19.1 Å². The molecule has 0 saturated carbocycles. The number of aromatic nitrogens is 4. The van der Waals surface area contributed by atoms with Gasteiger partial charge in [-0.05, 0) is 51.3 Å². The summed E-state index contributed by atoms with van der Waals surface area (Å²) in [6, 6.07) is 5.89. The molecule has 0 bridgehead atoms. The molecule has 1 aliphatic heterocycles. The van der Waals surface area contributed by atoms with Crippen molar-refractivity contribution in [2.24, 2.45) is 0 Å². The van der Waals surface area contributed by atoms with E-state index in [0.29, 0.717) is 47.7 Å². The highest BCUT2D eigenvalue weighted by molar-refractivity contribution is 6.12. The lowest BCUT2D eigenvalue weighted by molar-refractivity contribution is 0.0648. The Balaban J connectivity index is 1.42. The second-order valence-corrected chi connectivity index (χ2v) is 11.2. The van der Waals surface area contributed by atoms with Gasteiger partial charge in [-0.15, -0.1) is 0 Å². The molecule has 1 aromatic carbocycles. The number of halogens is 1. The number of hydrogen-bond acceptors (Lipinski definition) is 6. The van der Waals surface area contributed by atoms with Gasteiger partial charge in [0, 0.05) is 31.0 Å². The number of carboxylic acid groups (broad SMARTS) is 1. The molecule has 4 aromatic rings. The molecule has 12 heteroatoms. The van der Waals surface area contributed by atoms with E-state index in [1.54, 1.807) is 42.5 Å². The average molecular weight is 564 g/mol. The van der Waals surface area contributed by atoms with Crippen molar-refractivity contribution in [3.8, 4) is 5.75 Å². The fraction of sp³-hybridized carbons (Fsp3) is 0.379. The number of methoxy groups -OCH3 is 1. The summed E-state index contributed by atoms with van der Waals surface area (Å²) in [7, 11) is 1.56. The highest BCUT2D eigenvalue weighted by Crippen LogP contribution is 2.41. The number of anilines is 2. The zero-order valence-corrected chi connectivity index (χ0v) is 23.5. The van der Waals surface area contributed by atoms with Crippen LogP contribution in [-0.2, 0) is 6.54 Å². The number of ether oxygens (including phenoxy) is 1. The smallest absolute Gasteiger partial charge is 0.408 e. The van der Waals surface area contributed by atoms with Crippen LogP contribution in [0.4, 0.5) is 20.6 Å². The number of aromatic amines is 1. The van der Waals surface area contributed by atoms with Crippen LogP contribution in [0.15, 0.2) is 49.1 Å². The van der Waals surface area contributed by atoms with Crippen molar-refractivity contribution in [3.63, 3.8) is 0 Å². The van der Waals surface area contributed by atoms with Gasteiger partial charge in [0.15, 0.2) is 5.75 Å². The number of H-pyrrole nitrogens is 1. The number of carbonyl (C=O) groups excluding carboxylic acids is 1. The molecule has 1 aliphatic rings. The number of fused-ring (bicyclic) bond motifs is 1. The van der Waals surface area contributed by atoms with Gasteiger partial charge in [0.1, 0.15) is 11.5 Å². The first-order chi connectivity index (χ1) is 19.5. The van der Waals surface area contributed by atoms with E-state index >= 15 is 0 Å². The second kappa shape index (κ2) is 11.1. The van der Waals surface area contributed by atoms with Crippen LogP contribution < -0.4 is 15.0 Å². The van der Waals surface area contributed by atoms with Gasteiger partial charge in [-0.3, -0.25) is 14.4 Å². The summed E-state index contributed by atoms with van der Waals surface area (Å²) in [6.45, 7) is 7.24. The van der Waals surface area contributed by atoms with Gasteiger partial charge in [-0.1, -0.05) is 12.1 Å². The van der Waals surface area contributed by atoms with E-state index in [0.717, 1.165) is 24.1 Å². The number of rotatable bonds is 7. The molecule has 1 unspecified atom stereocenters. The van der Waals surface area contributed by atoms with Crippen LogP contribution in [0.2, 0.25) is 0 Å². The Labute approximate surface area is 236 Å². The van der Waals surface area contributed by atoms with E-state index < -0.39 is 11.6 Å². The summed E-state index contributed by atoms with van der Waals surface area (Å²) in [4.78, 5) is 36.7. The molecule has 216 valence electrons. The summed E-state index contributed by atoms with van der Waals surface area (Å²) in [6.07, 6.45) is 7.01. The average Bonchev–Trinajstić information content (AvgIpc) is 3.56. The molecule has 41 heavy (non-hydrogen) atoms. The molecule has 1 atom stereocenters. The summed E-state index contributed by atoms with van der Waals surface area (Å²) in [5.41, 5.74) is 2.48. The van der Waals surface area contributed by atoms with Crippen LogP contribution in [0, 0.1) is 5.82 Å². The highest BCUT2D eigenvalue weighted by Gasteiger charge is 2.37. The number of pyridine rings is 1. The van der Waals surface area contributed by atoms with Crippen molar-refractivity contribution >= 4 is 34.4 Å². The lowest BCUT2D eigenvalue weighted by atomic mass is 9.97. The van der Waals surface area contributed by atoms with Gasteiger partial charge in [-0.2, -0.15) is 5.10 Å². The Kier molecular flexibility index (Phi) is 7.57. The van der Waals surface area contributed by atoms with E-state index in [-0.39, 0.29) is 17.8 Å². The molecule has 2 amide bonds. The number of piperidine rings is 1. The number of benzene rings is 1. The lowest BCUT2D eigenvalue weighted by Crippen LogP contribution is -2.56. The SMILES string of the molecule is COc1cnc2[nH]cc(NC(=O)c3cnn(Cc4ccc(F)cc4)c3)c2c1N1CCCC(N(C(=O)O)C(C)(C)C)C1. The molecule has 11 nitrogen and oxygen atoms in total. The van der Waals surface area contributed by atoms with Crippen LogP contribution in [0.25, 0.3) is 11.0 Å². The minimum absolute atomic E-state index is 0.224. The molecule has 3 N–H and O–H groups in total. The Bertz CT molecular complexity index is 1560. The van der Waals surface area contributed by atoms with Gasteiger partial charge < -0.3 is 25.0 Å². The number of amides is 2. The van der Waals surface area contributed by atoms with Crippen molar-refractivity contribution in [1.29, 1.82) is 0 Å². The molecule has 0 aliphatic carbocycles. The van der Waals surface area contributed by atoms with Crippen molar-refractivity contribution < 1.29 is 23.8 Å². The molecule has 1 fully saturated rings. The normalized spacial score (nSPS) is 15.6. The van der Waals surface area contributed by atoms with Crippen molar-refractivity contribution in [2.45, 2.75) is 51.7 Å². The fourth-order valence-electron chi connectivity index (χ4n) is 5.52. The number of nitrogens with one attached hydrogen (secondary N) is 2. The minimum Gasteiger partial charge on any atom is -0.493 e. The molecule has 4 heterocycles. The molecule has 0 spiro atoms. The first-order valence-electron chi connectivity index (χ1n) is 13.4. The third kappa shape index (κ3) is 5.81. The maximum atomic E-state index is 13.3. The zero-order valence-electron chi connectivity index (χ0n) is 23.5. The van der Waals surface area contributed by atoms with Crippen molar-refractivity contribution in [3.05, 3.63) is 66.0 Å². The molecular formula is C29H34FN7O4. The number of nitrogens with zero attached hydrogens (tertiary/aromatic N) is 5. The van der Waals surface area contributed by atoms with Gasteiger partial charge >= 0.3 is 6.09 Å². The predicted molar refractivity (Wildman–Crippen MR) is 153 cm³/mol. The number of hydrogen-bond donors (Lipinski definition) is 3. The van der Waals surface area contributed by atoms with Crippen LogP contribution >= 0.6 is 0 Å². The van der Waals surface area contributed by atoms with Gasteiger partial charge in [0.05, 0.1) is 54.4 Å². The van der Waals surface area contributed by atoms with E-state index in [4.69, 9.17) is 4.74 Å². The van der Waals surface area contributed by atoms with Crippen LogP contribution in [0.1, 0.15) is 49.5 Å². The Morgan fingerprint density at radius 3 is 2.68 bits per heavy atom. The maximum absolute atomic E-state index is 13.3. The summed E-state index contributed by atoms with van der Waals surface area (Å²) >= 11 is 0. The quantitative estimate of drug-likeness (QED) is 0.290. The number of carbonyl (C=O) groups is 2. The molecular weight excluding hydrogens is 529 g/mol. The third-order valence-electron chi connectivity index (χ3n) is 7.27. The zero-order chi connectivity index (χ0) is 29.3. The van der Waals surface area contributed by atoms with E-state index in [2.05, 4.69) is 25.3 Å². The molecule has 1 saturated heterocycles. The van der Waals surface area contributed by atoms with Gasteiger partial charge in [-0.25, -0.2) is 14.2 Å². The third-order valence-corrected chi connectivity index (χ3v) is 7.27. The first-order valence-corrected chi connectivity index (χ1v) is 13.4. The van der Waals surface area contributed by atoms with E-state index in [1.165, 1.54) is 23.2 Å².